The topological polar surface area (TPSA) is 63.0 Å². The molecule has 0 aliphatic carbocycles. The van der Waals surface area contributed by atoms with Crippen LogP contribution in [0.3, 0.4) is 0 Å². The Morgan fingerprint density at radius 1 is 0.733 bits per heavy atom. The van der Waals surface area contributed by atoms with Gasteiger partial charge >= 0.3 is 0 Å². The van der Waals surface area contributed by atoms with E-state index in [4.69, 9.17) is 0 Å². The van der Waals surface area contributed by atoms with Crippen molar-refractivity contribution in [3.05, 3.63) is 47.1 Å². The zero-order valence-corrected chi connectivity index (χ0v) is 10.4. The smallest absolute Gasteiger partial charge is 0.0395 e. The van der Waals surface area contributed by atoms with Gasteiger partial charge in [-0.1, -0.05) is 36.0 Å². The van der Waals surface area contributed by atoms with Crippen LogP contribution < -0.4 is 0 Å². The van der Waals surface area contributed by atoms with E-state index in [1.54, 1.807) is 0 Å². The van der Waals surface area contributed by atoms with E-state index in [9.17, 15) is 0 Å². The van der Waals surface area contributed by atoms with Gasteiger partial charge in [-0.15, -0.1) is 0 Å². The van der Waals surface area contributed by atoms with Gasteiger partial charge in [-0.3, -0.25) is 0 Å². The van der Waals surface area contributed by atoms with Crippen molar-refractivity contribution in [2.45, 2.75) is 34.6 Å². The molecule has 0 fully saturated rings. The van der Waals surface area contributed by atoms with Gasteiger partial charge in [-0.2, -0.15) is 0 Å². The predicted molar refractivity (Wildman–Crippen MR) is 69.0 cm³/mol. The van der Waals surface area contributed by atoms with Gasteiger partial charge in [-0.25, -0.2) is 0 Å². The van der Waals surface area contributed by atoms with Crippen LogP contribution in [0.4, 0.5) is 0 Å². The first-order chi connectivity index (χ1) is 6.07. The Labute approximate surface area is 93.3 Å². The number of hydrogen-bond donors (Lipinski definition) is 0. The van der Waals surface area contributed by atoms with E-state index in [1.165, 1.54) is 16.7 Å². The summed E-state index contributed by atoms with van der Waals surface area (Å²) in [6.07, 6.45) is 10.5. The molecule has 2 nitrogen and oxygen atoms in total. The number of hydrogen-bond acceptors (Lipinski definition) is 0. The van der Waals surface area contributed by atoms with Crippen LogP contribution in [0.2, 0.25) is 0 Å². The molecule has 0 bridgehead atoms. The maximum atomic E-state index is 2.16. The molecule has 0 radical (unpaired) electrons. The van der Waals surface area contributed by atoms with E-state index < -0.39 is 0 Å². The van der Waals surface area contributed by atoms with Crippen LogP contribution in [0.15, 0.2) is 47.1 Å². The fourth-order valence-electron chi connectivity index (χ4n) is 0.795. The van der Waals surface area contributed by atoms with Gasteiger partial charge in [0.1, 0.15) is 0 Å². The largest absolute Gasteiger partial charge is 0.412 e. The van der Waals surface area contributed by atoms with E-state index in [2.05, 4.69) is 52.0 Å². The molecular formula is C13H24O2. The van der Waals surface area contributed by atoms with Crippen molar-refractivity contribution >= 4 is 0 Å². The third-order valence-corrected chi connectivity index (χ3v) is 1.83. The second-order valence-electron chi connectivity index (χ2n) is 3.47. The van der Waals surface area contributed by atoms with Crippen LogP contribution >= 0.6 is 0 Å². The summed E-state index contributed by atoms with van der Waals surface area (Å²) in [5.41, 5.74) is 3.97. The highest BCUT2D eigenvalue weighted by molar-refractivity contribution is 5.33. The van der Waals surface area contributed by atoms with Crippen molar-refractivity contribution < 1.29 is 11.0 Å². The fraction of sp³-hybridized carbons (Fsp3) is 0.385. The first-order valence-corrected chi connectivity index (χ1v) is 4.69. The summed E-state index contributed by atoms with van der Waals surface area (Å²) >= 11 is 0. The molecule has 0 aromatic heterocycles. The second kappa shape index (κ2) is 11.0. The van der Waals surface area contributed by atoms with Crippen LogP contribution in [0.25, 0.3) is 0 Å². The molecule has 0 aliphatic heterocycles. The highest BCUT2D eigenvalue weighted by atomic mass is 16.0. The summed E-state index contributed by atoms with van der Waals surface area (Å²) in [4.78, 5) is 0. The maximum absolute atomic E-state index is 2.16. The Balaban J connectivity index is -0.000000720. The second-order valence-corrected chi connectivity index (χ2v) is 3.47. The molecule has 0 atom stereocenters. The Kier molecular flexibility index (Phi) is 14.2. The molecule has 88 valence electrons. The maximum Gasteiger partial charge on any atom is -0.0395 e. The van der Waals surface area contributed by atoms with Crippen LogP contribution in [0.1, 0.15) is 34.6 Å². The monoisotopic (exact) mass is 212 g/mol. The minimum absolute atomic E-state index is 0. The fourth-order valence-corrected chi connectivity index (χ4v) is 0.795. The first kappa shape index (κ1) is 19.5. The Bertz CT molecular complexity index is 264. The zero-order chi connectivity index (χ0) is 10.3. The van der Waals surface area contributed by atoms with Gasteiger partial charge < -0.3 is 11.0 Å². The van der Waals surface area contributed by atoms with E-state index in [0.29, 0.717) is 0 Å². The highest BCUT2D eigenvalue weighted by Gasteiger charge is 1.88. The molecule has 0 aliphatic rings. The van der Waals surface area contributed by atoms with Crippen molar-refractivity contribution in [2.24, 2.45) is 0 Å². The summed E-state index contributed by atoms with van der Waals surface area (Å²) in [5, 5.41) is 0. The van der Waals surface area contributed by atoms with Gasteiger partial charge in [0, 0.05) is 0 Å². The molecule has 0 amide bonds. The molecule has 15 heavy (non-hydrogen) atoms. The van der Waals surface area contributed by atoms with Crippen molar-refractivity contribution in [3.63, 3.8) is 0 Å². The van der Waals surface area contributed by atoms with Gasteiger partial charge in [-0.05, 0) is 45.8 Å². The highest BCUT2D eigenvalue weighted by Crippen LogP contribution is 2.08. The molecule has 0 saturated carbocycles. The van der Waals surface area contributed by atoms with Gasteiger partial charge in [0.2, 0.25) is 0 Å². The molecule has 2 heteroatoms. The van der Waals surface area contributed by atoms with Crippen molar-refractivity contribution in [1.82, 2.24) is 0 Å². The number of rotatable bonds is 3. The van der Waals surface area contributed by atoms with Crippen LogP contribution in [0, 0.1) is 0 Å². The minimum atomic E-state index is 0. The Morgan fingerprint density at radius 2 is 1.20 bits per heavy atom. The minimum Gasteiger partial charge on any atom is -0.412 e. The lowest BCUT2D eigenvalue weighted by Crippen LogP contribution is -1.77. The first-order valence-electron chi connectivity index (χ1n) is 4.69. The Hall–Kier alpha value is -1.12. The lowest BCUT2D eigenvalue weighted by atomic mass is 10.1. The molecule has 0 saturated heterocycles. The quantitative estimate of drug-likeness (QED) is 0.646. The standard InChI is InChI=1S/C13H20.2H2O/c1-6-7-8-12(4)13(5)10-9-11(2)3;;/h6-10H,1-5H3;2*1H2/b7-6-,12-8+,13-10+;;. The molecule has 0 spiro atoms. The Morgan fingerprint density at radius 3 is 1.60 bits per heavy atom. The lowest BCUT2D eigenvalue weighted by molar-refractivity contribution is 0.823. The third-order valence-electron chi connectivity index (χ3n) is 1.83. The van der Waals surface area contributed by atoms with Crippen molar-refractivity contribution in [2.75, 3.05) is 0 Å². The van der Waals surface area contributed by atoms with E-state index in [0.717, 1.165) is 0 Å². The van der Waals surface area contributed by atoms with E-state index >= 15 is 0 Å². The average molecular weight is 212 g/mol. The lowest BCUT2D eigenvalue weighted by Gasteiger charge is -1.97. The van der Waals surface area contributed by atoms with Gasteiger partial charge in [0.05, 0.1) is 0 Å². The summed E-state index contributed by atoms with van der Waals surface area (Å²) in [6, 6.07) is 0. The summed E-state index contributed by atoms with van der Waals surface area (Å²) in [5.74, 6) is 0. The van der Waals surface area contributed by atoms with Gasteiger partial charge in [0.15, 0.2) is 0 Å². The van der Waals surface area contributed by atoms with Crippen molar-refractivity contribution in [1.29, 1.82) is 0 Å². The van der Waals surface area contributed by atoms with E-state index in [1.807, 2.05) is 13.0 Å². The summed E-state index contributed by atoms with van der Waals surface area (Å²) in [7, 11) is 0. The van der Waals surface area contributed by atoms with Crippen LogP contribution in [0.5, 0.6) is 0 Å². The zero-order valence-electron chi connectivity index (χ0n) is 10.4. The SMILES string of the molecule is C\C=C/C=C(C)/C(C)=C/C=C(C)C.O.O. The van der Waals surface area contributed by atoms with Crippen LogP contribution in [-0.4, -0.2) is 11.0 Å². The van der Waals surface area contributed by atoms with Gasteiger partial charge in [0.25, 0.3) is 0 Å². The molecule has 0 aromatic carbocycles. The average Bonchev–Trinajstić information content (AvgIpc) is 2.10. The molecule has 0 heterocycles. The van der Waals surface area contributed by atoms with Crippen molar-refractivity contribution in [3.8, 4) is 0 Å². The molecule has 0 unspecified atom stereocenters. The summed E-state index contributed by atoms with van der Waals surface area (Å²) < 4.78 is 0. The molecule has 0 aromatic rings. The molecule has 4 N–H and O–H groups in total. The number of allylic oxidation sites excluding steroid dienone is 8. The molecule has 0 rings (SSSR count). The predicted octanol–water partition coefficient (Wildman–Crippen LogP) is 2.77. The third kappa shape index (κ3) is 10.8. The normalized spacial score (nSPS) is 11.8. The van der Waals surface area contributed by atoms with Crippen LogP contribution in [-0.2, 0) is 0 Å². The van der Waals surface area contributed by atoms with E-state index in [-0.39, 0.29) is 11.0 Å². The molecular weight excluding hydrogens is 188 g/mol. The summed E-state index contributed by atoms with van der Waals surface area (Å²) in [6.45, 7) is 10.5.